The first kappa shape index (κ1) is 13.9. The number of carbonyl (C=O) groups is 1. The van der Waals surface area contributed by atoms with Gasteiger partial charge in [-0.05, 0) is 18.4 Å². The summed E-state index contributed by atoms with van der Waals surface area (Å²) in [5.41, 5.74) is -0.389. The molecule has 0 radical (unpaired) electrons. The summed E-state index contributed by atoms with van der Waals surface area (Å²) in [6.07, 6.45) is -3.71. The molecule has 104 valence electrons. The molecule has 6 heteroatoms. The van der Waals surface area contributed by atoms with Crippen LogP contribution in [0.4, 0.5) is 13.2 Å². The van der Waals surface area contributed by atoms with Crippen molar-refractivity contribution in [1.82, 2.24) is 5.32 Å². The summed E-state index contributed by atoms with van der Waals surface area (Å²) >= 11 is 0. The number of benzene rings is 1. The topological polar surface area (TPSA) is 49.3 Å². The van der Waals surface area contributed by atoms with Crippen molar-refractivity contribution >= 4 is 5.91 Å². The van der Waals surface area contributed by atoms with Crippen molar-refractivity contribution in [2.75, 3.05) is 0 Å². The van der Waals surface area contributed by atoms with Gasteiger partial charge in [-0.25, -0.2) is 0 Å². The van der Waals surface area contributed by atoms with Crippen LogP contribution in [0.1, 0.15) is 30.9 Å². The van der Waals surface area contributed by atoms with Crippen LogP contribution in [0.3, 0.4) is 0 Å². The normalized spacial score (nSPS) is 18.7. The van der Waals surface area contributed by atoms with Crippen molar-refractivity contribution in [3.63, 3.8) is 0 Å². The third-order valence-corrected chi connectivity index (χ3v) is 3.18. The van der Waals surface area contributed by atoms with Gasteiger partial charge in [-0.3, -0.25) is 4.79 Å². The molecule has 0 spiro atoms. The highest BCUT2D eigenvalue weighted by Gasteiger charge is 2.45. The number of aliphatic hydroxyl groups is 1. The highest BCUT2D eigenvalue weighted by atomic mass is 19.4. The molecule has 1 aliphatic carbocycles. The van der Waals surface area contributed by atoms with Gasteiger partial charge in [0.15, 0.2) is 0 Å². The number of halogens is 3. The molecule has 0 heterocycles. The van der Waals surface area contributed by atoms with Gasteiger partial charge in [0.05, 0.1) is 11.6 Å². The molecule has 1 aliphatic rings. The molecule has 1 amide bonds. The Morgan fingerprint density at radius 1 is 1.32 bits per heavy atom. The fourth-order valence-corrected chi connectivity index (χ4v) is 1.91. The molecule has 0 saturated heterocycles. The molecule has 3 nitrogen and oxygen atoms in total. The van der Waals surface area contributed by atoms with E-state index in [1.54, 1.807) is 30.3 Å². The zero-order valence-corrected chi connectivity index (χ0v) is 10.1. The molecule has 1 fully saturated rings. The Hall–Kier alpha value is -1.56. The number of hydrogen-bond donors (Lipinski definition) is 2. The average molecular weight is 273 g/mol. The van der Waals surface area contributed by atoms with E-state index < -0.39 is 23.7 Å². The van der Waals surface area contributed by atoms with E-state index in [9.17, 15) is 23.1 Å². The number of hydrogen-bond acceptors (Lipinski definition) is 2. The highest BCUT2D eigenvalue weighted by molar-refractivity contribution is 5.82. The smallest absolute Gasteiger partial charge is 0.390 e. The van der Waals surface area contributed by atoms with E-state index in [2.05, 4.69) is 0 Å². The number of carbonyl (C=O) groups excluding carboxylic acids is 1. The summed E-state index contributed by atoms with van der Waals surface area (Å²) in [7, 11) is 0. The molecule has 0 bridgehead atoms. The van der Waals surface area contributed by atoms with E-state index in [1.807, 2.05) is 5.32 Å². The predicted molar refractivity (Wildman–Crippen MR) is 62.2 cm³/mol. The molecule has 0 aromatic heterocycles. The zero-order chi connectivity index (χ0) is 14.1. The standard InChI is InChI=1S/C13H14F3NO2/c14-13(15,16)11(18)17-10(8-12(19)6-7-12)9-4-2-1-3-5-9/h1-5,10,19H,6-8H2,(H,17,18). The van der Waals surface area contributed by atoms with Gasteiger partial charge in [0, 0.05) is 6.42 Å². The van der Waals surface area contributed by atoms with Crippen LogP contribution in [0.25, 0.3) is 0 Å². The second-order valence-electron chi connectivity index (χ2n) is 4.86. The van der Waals surface area contributed by atoms with Crippen LogP contribution in [0.15, 0.2) is 30.3 Å². The summed E-state index contributed by atoms with van der Waals surface area (Å²) in [5, 5.41) is 11.8. The largest absolute Gasteiger partial charge is 0.471 e. The summed E-state index contributed by atoms with van der Waals surface area (Å²) in [4.78, 5) is 11.0. The lowest BCUT2D eigenvalue weighted by Gasteiger charge is -2.22. The van der Waals surface area contributed by atoms with E-state index in [-0.39, 0.29) is 6.42 Å². The Bertz CT molecular complexity index is 455. The Kier molecular flexibility index (Phi) is 3.54. The van der Waals surface area contributed by atoms with Crippen molar-refractivity contribution in [3.8, 4) is 0 Å². The lowest BCUT2D eigenvalue weighted by molar-refractivity contribution is -0.174. The first-order valence-corrected chi connectivity index (χ1v) is 5.95. The van der Waals surface area contributed by atoms with Crippen molar-refractivity contribution in [1.29, 1.82) is 0 Å². The van der Waals surface area contributed by atoms with E-state index in [1.165, 1.54) is 0 Å². The summed E-state index contributed by atoms with van der Waals surface area (Å²) < 4.78 is 36.9. The van der Waals surface area contributed by atoms with Crippen LogP contribution in [0, 0.1) is 0 Å². The lowest BCUT2D eigenvalue weighted by atomic mass is 9.99. The average Bonchev–Trinajstić information content (AvgIpc) is 3.06. The SMILES string of the molecule is O=C(NC(CC1(O)CC1)c1ccccc1)C(F)(F)F. The van der Waals surface area contributed by atoms with E-state index in [4.69, 9.17) is 0 Å². The Morgan fingerprint density at radius 3 is 2.37 bits per heavy atom. The first-order chi connectivity index (χ1) is 8.80. The minimum absolute atomic E-state index is 0.0961. The lowest BCUT2D eigenvalue weighted by Crippen LogP contribution is -2.40. The second kappa shape index (κ2) is 4.85. The fraction of sp³-hybridized carbons (Fsp3) is 0.462. The summed E-state index contributed by atoms with van der Waals surface area (Å²) in [6.45, 7) is 0. The minimum Gasteiger partial charge on any atom is -0.390 e. The molecule has 1 saturated carbocycles. The molecule has 2 rings (SSSR count). The van der Waals surface area contributed by atoms with Crippen LogP contribution in [0.2, 0.25) is 0 Å². The van der Waals surface area contributed by atoms with Gasteiger partial charge in [-0.2, -0.15) is 13.2 Å². The van der Waals surface area contributed by atoms with Gasteiger partial charge in [-0.1, -0.05) is 30.3 Å². The Labute approximate surface area is 108 Å². The molecular weight excluding hydrogens is 259 g/mol. The van der Waals surface area contributed by atoms with Crippen LogP contribution in [0.5, 0.6) is 0 Å². The maximum atomic E-state index is 12.3. The first-order valence-electron chi connectivity index (χ1n) is 5.95. The molecule has 1 unspecified atom stereocenters. The molecular formula is C13H14F3NO2. The van der Waals surface area contributed by atoms with Crippen molar-refractivity contribution in [3.05, 3.63) is 35.9 Å². The van der Waals surface area contributed by atoms with E-state index >= 15 is 0 Å². The monoisotopic (exact) mass is 273 g/mol. The Morgan fingerprint density at radius 2 is 1.89 bits per heavy atom. The second-order valence-corrected chi connectivity index (χ2v) is 4.86. The molecule has 1 aromatic carbocycles. The van der Waals surface area contributed by atoms with Gasteiger partial charge in [0.1, 0.15) is 0 Å². The zero-order valence-electron chi connectivity index (χ0n) is 10.1. The van der Waals surface area contributed by atoms with Gasteiger partial charge < -0.3 is 10.4 Å². The predicted octanol–water partition coefficient (Wildman–Crippen LogP) is 2.32. The van der Waals surface area contributed by atoms with Crippen molar-refractivity contribution < 1.29 is 23.1 Å². The molecule has 1 atom stereocenters. The van der Waals surface area contributed by atoms with Gasteiger partial charge >= 0.3 is 12.1 Å². The molecule has 19 heavy (non-hydrogen) atoms. The number of nitrogens with one attached hydrogen (secondary N) is 1. The van der Waals surface area contributed by atoms with Crippen molar-refractivity contribution in [2.24, 2.45) is 0 Å². The third kappa shape index (κ3) is 3.70. The van der Waals surface area contributed by atoms with E-state index in [0.717, 1.165) is 0 Å². The van der Waals surface area contributed by atoms with Crippen LogP contribution < -0.4 is 5.32 Å². The fourth-order valence-electron chi connectivity index (χ4n) is 1.91. The summed E-state index contributed by atoms with van der Waals surface area (Å²) in [6, 6.07) is 7.53. The van der Waals surface area contributed by atoms with Crippen LogP contribution in [-0.4, -0.2) is 22.8 Å². The molecule has 1 aromatic rings. The van der Waals surface area contributed by atoms with Crippen molar-refractivity contribution in [2.45, 2.75) is 37.1 Å². The van der Waals surface area contributed by atoms with Gasteiger partial charge in [-0.15, -0.1) is 0 Å². The molecule has 0 aliphatic heterocycles. The Balaban J connectivity index is 2.13. The van der Waals surface area contributed by atoms with E-state index in [0.29, 0.717) is 18.4 Å². The van der Waals surface area contributed by atoms with Gasteiger partial charge in [0.2, 0.25) is 0 Å². The van der Waals surface area contributed by atoms with Crippen LogP contribution in [-0.2, 0) is 4.79 Å². The summed E-state index contributed by atoms with van der Waals surface area (Å²) in [5.74, 6) is -1.98. The number of amides is 1. The number of rotatable bonds is 4. The maximum Gasteiger partial charge on any atom is 0.471 e. The number of alkyl halides is 3. The highest BCUT2D eigenvalue weighted by Crippen LogP contribution is 2.42. The minimum atomic E-state index is -4.92. The quantitative estimate of drug-likeness (QED) is 0.884. The third-order valence-electron chi connectivity index (χ3n) is 3.18. The molecule has 2 N–H and O–H groups in total. The van der Waals surface area contributed by atoms with Gasteiger partial charge in [0.25, 0.3) is 0 Å². The van der Waals surface area contributed by atoms with Crippen LogP contribution >= 0.6 is 0 Å². The maximum absolute atomic E-state index is 12.3.